The molecule has 0 aromatic heterocycles. The van der Waals surface area contributed by atoms with Crippen molar-refractivity contribution in [3.63, 3.8) is 0 Å². The Kier molecular flexibility index (Phi) is 4.12. The molecule has 0 saturated carbocycles. The van der Waals surface area contributed by atoms with Gasteiger partial charge in [0.25, 0.3) is 0 Å². The van der Waals surface area contributed by atoms with Gasteiger partial charge in [-0.15, -0.1) is 0 Å². The lowest BCUT2D eigenvalue weighted by molar-refractivity contribution is 0.401. The lowest BCUT2D eigenvalue weighted by Crippen LogP contribution is -2.23. The molecule has 2 aromatic rings. The molecule has 2 aromatic carbocycles. The summed E-state index contributed by atoms with van der Waals surface area (Å²) in [5.74, 6) is 0.550. The van der Waals surface area contributed by atoms with E-state index < -0.39 is 0 Å². The highest BCUT2D eigenvalue weighted by atomic mass is 14.7. The fraction of sp³-hybridized carbons (Fsp3) is 0.400. The number of rotatable bonds is 2. The zero-order valence-corrected chi connectivity index (χ0v) is 13.1. The highest BCUT2D eigenvalue weighted by Gasteiger charge is 2.25. The van der Waals surface area contributed by atoms with Crippen molar-refractivity contribution in [3.05, 3.63) is 70.3 Å². The lowest BCUT2D eigenvalue weighted by atomic mass is 9.85. The summed E-state index contributed by atoms with van der Waals surface area (Å²) in [5, 5.41) is 0. The van der Waals surface area contributed by atoms with Crippen molar-refractivity contribution in [1.82, 2.24) is 0 Å². The van der Waals surface area contributed by atoms with Gasteiger partial charge < -0.3 is 5.73 Å². The van der Waals surface area contributed by atoms with Crippen molar-refractivity contribution in [2.24, 2.45) is 11.7 Å². The Labute approximate surface area is 128 Å². The Bertz CT molecular complexity index is 629. The third-order valence-electron chi connectivity index (χ3n) is 4.93. The van der Waals surface area contributed by atoms with Crippen molar-refractivity contribution in [3.8, 4) is 0 Å². The first-order valence-corrected chi connectivity index (χ1v) is 8.04. The summed E-state index contributed by atoms with van der Waals surface area (Å²) >= 11 is 0. The van der Waals surface area contributed by atoms with Crippen LogP contribution in [0.15, 0.2) is 42.5 Å². The highest BCUT2D eigenvalue weighted by Crippen LogP contribution is 2.34. The Hall–Kier alpha value is -1.60. The van der Waals surface area contributed by atoms with E-state index in [1.54, 1.807) is 0 Å². The zero-order valence-electron chi connectivity index (χ0n) is 13.1. The summed E-state index contributed by atoms with van der Waals surface area (Å²) in [6, 6.07) is 15.7. The molecule has 0 spiro atoms. The van der Waals surface area contributed by atoms with E-state index in [4.69, 9.17) is 5.73 Å². The molecule has 0 heterocycles. The molecular formula is C20H25N. The second kappa shape index (κ2) is 6.03. The quantitative estimate of drug-likeness (QED) is 0.805. The normalized spacial score (nSPS) is 21.7. The zero-order chi connectivity index (χ0) is 14.8. The van der Waals surface area contributed by atoms with Gasteiger partial charge in [-0.3, -0.25) is 0 Å². The minimum absolute atomic E-state index is 0.170. The molecule has 21 heavy (non-hydrogen) atoms. The van der Waals surface area contributed by atoms with Gasteiger partial charge in [-0.05, 0) is 67.7 Å². The second-order valence-electron chi connectivity index (χ2n) is 6.51. The largest absolute Gasteiger partial charge is 0.324 e. The predicted molar refractivity (Wildman–Crippen MR) is 89.4 cm³/mol. The molecule has 1 aliphatic rings. The van der Waals surface area contributed by atoms with Crippen molar-refractivity contribution in [2.75, 3.05) is 0 Å². The maximum Gasteiger partial charge on any atom is 0.0329 e. The molecule has 0 radical (unpaired) electrons. The van der Waals surface area contributed by atoms with Crippen LogP contribution in [0.4, 0.5) is 0 Å². The number of nitrogens with two attached hydrogens (primary N) is 1. The molecule has 2 atom stereocenters. The van der Waals surface area contributed by atoms with Crippen LogP contribution in [-0.2, 0) is 12.8 Å². The average Bonchev–Trinajstić information content (AvgIpc) is 2.64. The SMILES string of the molecule is Cc1ccc(C)c(CC2CCCc3ccccc3C2N)c1. The minimum Gasteiger partial charge on any atom is -0.324 e. The molecule has 0 fully saturated rings. The van der Waals surface area contributed by atoms with Gasteiger partial charge >= 0.3 is 0 Å². The van der Waals surface area contributed by atoms with Gasteiger partial charge in [-0.1, -0.05) is 48.0 Å². The molecule has 2 unspecified atom stereocenters. The van der Waals surface area contributed by atoms with Crippen LogP contribution in [0.25, 0.3) is 0 Å². The van der Waals surface area contributed by atoms with Gasteiger partial charge in [0.1, 0.15) is 0 Å². The van der Waals surface area contributed by atoms with E-state index in [0.717, 1.165) is 6.42 Å². The fourth-order valence-corrected chi connectivity index (χ4v) is 3.61. The Morgan fingerprint density at radius 2 is 1.90 bits per heavy atom. The van der Waals surface area contributed by atoms with E-state index >= 15 is 0 Å². The summed E-state index contributed by atoms with van der Waals surface area (Å²) in [6.07, 6.45) is 4.75. The molecule has 110 valence electrons. The number of aryl methyl sites for hydroxylation is 3. The van der Waals surface area contributed by atoms with Gasteiger partial charge in [0.2, 0.25) is 0 Å². The first-order valence-electron chi connectivity index (χ1n) is 8.04. The monoisotopic (exact) mass is 279 g/mol. The molecule has 0 saturated heterocycles. The molecule has 0 bridgehead atoms. The van der Waals surface area contributed by atoms with Gasteiger partial charge in [0, 0.05) is 6.04 Å². The standard InChI is InChI=1S/C20H25N/c1-14-10-11-15(2)18(12-14)13-17-8-5-7-16-6-3-4-9-19(16)20(17)21/h3-4,6,9-12,17,20H,5,7-8,13,21H2,1-2H3. The first-order chi connectivity index (χ1) is 10.1. The van der Waals surface area contributed by atoms with Crippen molar-refractivity contribution in [1.29, 1.82) is 0 Å². The van der Waals surface area contributed by atoms with Crippen molar-refractivity contribution < 1.29 is 0 Å². The van der Waals surface area contributed by atoms with E-state index in [-0.39, 0.29) is 6.04 Å². The van der Waals surface area contributed by atoms with E-state index in [1.807, 2.05) is 0 Å². The molecule has 1 nitrogen and oxygen atoms in total. The van der Waals surface area contributed by atoms with Crippen LogP contribution in [0.1, 0.15) is 46.7 Å². The molecular weight excluding hydrogens is 254 g/mol. The molecule has 1 heteroatoms. The predicted octanol–water partition coefficient (Wildman–Crippen LogP) is 4.50. The van der Waals surface area contributed by atoms with Gasteiger partial charge in [0.05, 0.1) is 0 Å². The van der Waals surface area contributed by atoms with Gasteiger partial charge in [-0.25, -0.2) is 0 Å². The van der Waals surface area contributed by atoms with Crippen LogP contribution >= 0.6 is 0 Å². The number of hydrogen-bond donors (Lipinski definition) is 1. The molecule has 0 aliphatic heterocycles. The van der Waals surface area contributed by atoms with Crippen LogP contribution in [0.5, 0.6) is 0 Å². The van der Waals surface area contributed by atoms with Crippen LogP contribution in [0.2, 0.25) is 0 Å². The summed E-state index contributed by atoms with van der Waals surface area (Å²) in [6.45, 7) is 4.39. The van der Waals surface area contributed by atoms with E-state index in [2.05, 4.69) is 56.3 Å². The van der Waals surface area contributed by atoms with Crippen LogP contribution in [-0.4, -0.2) is 0 Å². The summed E-state index contributed by atoms with van der Waals surface area (Å²) in [4.78, 5) is 0. The maximum atomic E-state index is 6.63. The van der Waals surface area contributed by atoms with E-state index in [0.29, 0.717) is 5.92 Å². The second-order valence-corrected chi connectivity index (χ2v) is 6.51. The average molecular weight is 279 g/mol. The third-order valence-corrected chi connectivity index (χ3v) is 4.93. The van der Waals surface area contributed by atoms with Crippen LogP contribution in [0, 0.1) is 19.8 Å². The fourth-order valence-electron chi connectivity index (χ4n) is 3.61. The van der Waals surface area contributed by atoms with E-state index in [9.17, 15) is 0 Å². The summed E-state index contributed by atoms with van der Waals surface area (Å²) in [7, 11) is 0. The van der Waals surface area contributed by atoms with E-state index in [1.165, 1.54) is 47.1 Å². The lowest BCUT2D eigenvalue weighted by Gasteiger charge is -2.24. The Morgan fingerprint density at radius 3 is 2.76 bits per heavy atom. The van der Waals surface area contributed by atoms with Crippen LogP contribution < -0.4 is 5.73 Å². The third kappa shape index (κ3) is 3.03. The topological polar surface area (TPSA) is 26.0 Å². The van der Waals surface area contributed by atoms with Gasteiger partial charge in [-0.2, -0.15) is 0 Å². The number of fused-ring (bicyclic) bond motifs is 1. The highest BCUT2D eigenvalue weighted by molar-refractivity contribution is 5.34. The summed E-state index contributed by atoms with van der Waals surface area (Å²) < 4.78 is 0. The summed E-state index contributed by atoms with van der Waals surface area (Å²) in [5.41, 5.74) is 13.7. The van der Waals surface area contributed by atoms with Crippen molar-refractivity contribution in [2.45, 2.75) is 45.6 Å². The van der Waals surface area contributed by atoms with Crippen molar-refractivity contribution >= 4 is 0 Å². The first kappa shape index (κ1) is 14.3. The number of benzene rings is 2. The minimum atomic E-state index is 0.170. The molecule has 3 rings (SSSR count). The smallest absolute Gasteiger partial charge is 0.0329 e. The molecule has 2 N–H and O–H groups in total. The Balaban J connectivity index is 1.87. The van der Waals surface area contributed by atoms with Crippen LogP contribution in [0.3, 0.4) is 0 Å². The molecule has 1 aliphatic carbocycles. The number of hydrogen-bond acceptors (Lipinski definition) is 1. The maximum absolute atomic E-state index is 6.63. The molecule has 0 amide bonds. The van der Waals surface area contributed by atoms with Gasteiger partial charge in [0.15, 0.2) is 0 Å². The Morgan fingerprint density at radius 1 is 1.10 bits per heavy atom.